The van der Waals surface area contributed by atoms with E-state index in [-0.39, 0.29) is 5.92 Å². The van der Waals surface area contributed by atoms with Crippen molar-refractivity contribution >= 4 is 0 Å². The van der Waals surface area contributed by atoms with Crippen LogP contribution >= 0.6 is 0 Å². The van der Waals surface area contributed by atoms with Gasteiger partial charge in [0.05, 0.1) is 26.2 Å². The van der Waals surface area contributed by atoms with Gasteiger partial charge in [0.2, 0.25) is 0 Å². The first kappa shape index (κ1) is 14.3. The second-order valence-corrected chi connectivity index (χ2v) is 4.39. The molecular formula is C14H20N2O2. The summed E-state index contributed by atoms with van der Waals surface area (Å²) in [5, 5.41) is 9.24. The Balaban J connectivity index is 2.90. The molecule has 1 unspecified atom stereocenters. The van der Waals surface area contributed by atoms with E-state index in [1.54, 1.807) is 14.2 Å². The number of hydrogen-bond acceptors (Lipinski definition) is 4. The molecule has 0 fully saturated rings. The fourth-order valence-electron chi connectivity index (χ4n) is 1.76. The zero-order valence-corrected chi connectivity index (χ0v) is 11.4. The lowest BCUT2D eigenvalue weighted by Crippen LogP contribution is -2.15. The van der Waals surface area contributed by atoms with Crippen LogP contribution in [-0.2, 0) is 0 Å². The van der Waals surface area contributed by atoms with Gasteiger partial charge in [0, 0.05) is 0 Å². The number of ether oxygens (including phenoxy) is 2. The molecule has 0 radical (unpaired) electrons. The van der Waals surface area contributed by atoms with Gasteiger partial charge in [-0.2, -0.15) is 5.26 Å². The van der Waals surface area contributed by atoms with Crippen LogP contribution in [0.5, 0.6) is 11.5 Å². The van der Waals surface area contributed by atoms with E-state index in [0.29, 0.717) is 11.5 Å². The third-order valence-corrected chi connectivity index (χ3v) is 2.83. The predicted octanol–water partition coefficient (Wildman–Crippen LogP) is 2.26. The number of methoxy groups -OCH3 is 2. The van der Waals surface area contributed by atoms with Crippen LogP contribution in [0.15, 0.2) is 18.2 Å². The molecule has 1 atom stereocenters. The molecule has 0 spiro atoms. The van der Waals surface area contributed by atoms with Crippen molar-refractivity contribution < 1.29 is 9.47 Å². The summed E-state index contributed by atoms with van der Waals surface area (Å²) in [5.74, 6) is 1.23. The average Bonchev–Trinajstić information content (AvgIpc) is 2.38. The number of nitriles is 1. The Morgan fingerprint density at radius 2 is 1.89 bits per heavy atom. The van der Waals surface area contributed by atoms with E-state index in [0.717, 1.165) is 18.5 Å². The number of rotatable bonds is 6. The molecule has 0 heterocycles. The molecule has 0 saturated heterocycles. The van der Waals surface area contributed by atoms with Crippen LogP contribution < -0.4 is 9.47 Å². The van der Waals surface area contributed by atoms with Gasteiger partial charge in [-0.1, -0.05) is 6.07 Å². The van der Waals surface area contributed by atoms with Crippen LogP contribution in [0.2, 0.25) is 0 Å². The topological polar surface area (TPSA) is 45.5 Å². The fourth-order valence-corrected chi connectivity index (χ4v) is 1.76. The minimum atomic E-state index is -0.118. The average molecular weight is 248 g/mol. The predicted molar refractivity (Wildman–Crippen MR) is 71.1 cm³/mol. The van der Waals surface area contributed by atoms with Crippen LogP contribution in [-0.4, -0.2) is 39.8 Å². The number of hydrogen-bond donors (Lipinski definition) is 0. The lowest BCUT2D eigenvalue weighted by Gasteiger charge is -2.15. The van der Waals surface area contributed by atoms with Crippen molar-refractivity contribution in [3.05, 3.63) is 23.8 Å². The normalized spacial score (nSPS) is 12.0. The van der Waals surface area contributed by atoms with E-state index in [2.05, 4.69) is 11.0 Å². The summed E-state index contributed by atoms with van der Waals surface area (Å²) < 4.78 is 10.4. The highest BCUT2D eigenvalue weighted by molar-refractivity contribution is 5.44. The standard InChI is InChI=1S/C14H20N2O2/c1-16(2)8-7-12(10-15)11-5-6-13(17-3)14(9-11)18-4/h5-6,9,12H,7-8H2,1-4H3. The van der Waals surface area contributed by atoms with Gasteiger partial charge in [-0.3, -0.25) is 0 Å². The minimum Gasteiger partial charge on any atom is -0.493 e. The van der Waals surface area contributed by atoms with Crippen molar-refractivity contribution in [2.45, 2.75) is 12.3 Å². The zero-order valence-electron chi connectivity index (χ0n) is 11.4. The van der Waals surface area contributed by atoms with Crippen molar-refractivity contribution in [2.75, 3.05) is 34.9 Å². The van der Waals surface area contributed by atoms with E-state index in [1.807, 2.05) is 32.3 Å². The first-order valence-electron chi connectivity index (χ1n) is 5.88. The highest BCUT2D eigenvalue weighted by atomic mass is 16.5. The Kier molecular flexibility index (Phi) is 5.47. The van der Waals surface area contributed by atoms with Gasteiger partial charge in [0.25, 0.3) is 0 Å². The van der Waals surface area contributed by atoms with Crippen molar-refractivity contribution in [1.82, 2.24) is 4.90 Å². The smallest absolute Gasteiger partial charge is 0.161 e. The molecular weight excluding hydrogens is 228 g/mol. The van der Waals surface area contributed by atoms with Gasteiger partial charge in [-0.05, 0) is 44.8 Å². The van der Waals surface area contributed by atoms with Crippen LogP contribution in [0, 0.1) is 11.3 Å². The van der Waals surface area contributed by atoms with Gasteiger partial charge in [-0.25, -0.2) is 0 Å². The molecule has 4 nitrogen and oxygen atoms in total. The molecule has 0 bridgehead atoms. The Labute approximate surface area is 109 Å². The van der Waals surface area contributed by atoms with Crippen molar-refractivity contribution in [2.24, 2.45) is 0 Å². The monoisotopic (exact) mass is 248 g/mol. The molecule has 0 saturated carbocycles. The Morgan fingerprint density at radius 3 is 2.39 bits per heavy atom. The maximum absolute atomic E-state index is 9.24. The summed E-state index contributed by atoms with van der Waals surface area (Å²) in [7, 11) is 7.21. The summed E-state index contributed by atoms with van der Waals surface area (Å²) in [6.45, 7) is 0.882. The SMILES string of the molecule is COc1ccc(C(C#N)CCN(C)C)cc1OC. The quantitative estimate of drug-likeness (QED) is 0.774. The van der Waals surface area contributed by atoms with Gasteiger partial charge in [-0.15, -0.1) is 0 Å². The largest absolute Gasteiger partial charge is 0.493 e. The fraction of sp³-hybridized carbons (Fsp3) is 0.500. The summed E-state index contributed by atoms with van der Waals surface area (Å²) >= 11 is 0. The second-order valence-electron chi connectivity index (χ2n) is 4.39. The van der Waals surface area contributed by atoms with Gasteiger partial charge in [0.1, 0.15) is 0 Å². The molecule has 1 aromatic carbocycles. The molecule has 0 amide bonds. The van der Waals surface area contributed by atoms with Gasteiger partial charge >= 0.3 is 0 Å². The third kappa shape index (κ3) is 3.64. The molecule has 0 aliphatic rings. The van der Waals surface area contributed by atoms with Crippen LogP contribution in [0.1, 0.15) is 17.9 Å². The Hall–Kier alpha value is -1.73. The minimum absolute atomic E-state index is 0.118. The Morgan fingerprint density at radius 1 is 1.22 bits per heavy atom. The molecule has 18 heavy (non-hydrogen) atoms. The van der Waals surface area contributed by atoms with E-state index < -0.39 is 0 Å². The van der Waals surface area contributed by atoms with Crippen LogP contribution in [0.3, 0.4) is 0 Å². The number of benzene rings is 1. The summed E-state index contributed by atoms with van der Waals surface area (Å²) in [6, 6.07) is 7.98. The number of nitrogens with zero attached hydrogens (tertiary/aromatic N) is 2. The van der Waals surface area contributed by atoms with Crippen LogP contribution in [0.25, 0.3) is 0 Å². The Bertz CT molecular complexity index is 424. The highest BCUT2D eigenvalue weighted by Gasteiger charge is 2.14. The summed E-state index contributed by atoms with van der Waals surface area (Å²) in [6.07, 6.45) is 0.805. The zero-order chi connectivity index (χ0) is 13.5. The molecule has 0 aliphatic carbocycles. The van der Waals surface area contributed by atoms with Crippen molar-refractivity contribution in [3.63, 3.8) is 0 Å². The molecule has 0 aliphatic heterocycles. The van der Waals surface area contributed by atoms with Crippen molar-refractivity contribution in [1.29, 1.82) is 5.26 Å². The molecule has 0 aromatic heterocycles. The first-order valence-corrected chi connectivity index (χ1v) is 5.88. The maximum Gasteiger partial charge on any atom is 0.161 e. The molecule has 98 valence electrons. The first-order chi connectivity index (χ1) is 8.62. The van der Waals surface area contributed by atoms with E-state index in [9.17, 15) is 5.26 Å². The highest BCUT2D eigenvalue weighted by Crippen LogP contribution is 2.31. The lowest BCUT2D eigenvalue weighted by atomic mass is 9.96. The molecule has 1 aromatic rings. The summed E-state index contributed by atoms with van der Waals surface area (Å²) in [4.78, 5) is 2.07. The van der Waals surface area contributed by atoms with Crippen LogP contribution in [0.4, 0.5) is 0 Å². The molecule has 4 heteroatoms. The maximum atomic E-state index is 9.24. The van der Waals surface area contributed by atoms with Gasteiger partial charge in [0.15, 0.2) is 11.5 Å². The van der Waals surface area contributed by atoms with E-state index >= 15 is 0 Å². The van der Waals surface area contributed by atoms with E-state index in [1.165, 1.54) is 0 Å². The molecule has 1 rings (SSSR count). The van der Waals surface area contributed by atoms with Gasteiger partial charge < -0.3 is 14.4 Å². The summed E-state index contributed by atoms with van der Waals surface area (Å²) in [5.41, 5.74) is 0.969. The molecule has 0 N–H and O–H groups in total. The third-order valence-electron chi connectivity index (χ3n) is 2.83. The van der Waals surface area contributed by atoms with Crippen molar-refractivity contribution in [3.8, 4) is 17.6 Å². The second kappa shape index (κ2) is 6.87. The van der Waals surface area contributed by atoms with E-state index in [4.69, 9.17) is 9.47 Å². The lowest BCUT2D eigenvalue weighted by molar-refractivity contribution is 0.354.